The minimum atomic E-state index is -0.794. The standard InChI is InChI=1S/C16H28N2O2/c1-4-8-16(13-17,9-5-2)15(19)18-10-6-14(7-11-18)12-20-3/h14H,4-12H2,1-3H3. The zero-order chi connectivity index (χ0) is 15.0. The van der Waals surface area contributed by atoms with Gasteiger partial charge in [-0.15, -0.1) is 0 Å². The highest BCUT2D eigenvalue weighted by Gasteiger charge is 2.40. The van der Waals surface area contributed by atoms with E-state index in [1.165, 1.54) is 0 Å². The Morgan fingerprint density at radius 2 is 1.85 bits per heavy atom. The maximum Gasteiger partial charge on any atom is 0.243 e. The molecule has 0 radical (unpaired) electrons. The molecule has 1 aliphatic rings. The van der Waals surface area contributed by atoms with Crippen molar-refractivity contribution in [2.45, 2.75) is 52.4 Å². The van der Waals surface area contributed by atoms with Gasteiger partial charge in [0.2, 0.25) is 5.91 Å². The van der Waals surface area contributed by atoms with E-state index in [1.54, 1.807) is 7.11 Å². The lowest BCUT2D eigenvalue weighted by molar-refractivity contribution is -0.141. The summed E-state index contributed by atoms with van der Waals surface area (Å²) in [5, 5.41) is 9.56. The molecule has 0 N–H and O–H groups in total. The van der Waals surface area contributed by atoms with Crippen molar-refractivity contribution in [1.82, 2.24) is 4.90 Å². The van der Waals surface area contributed by atoms with Crippen LogP contribution in [-0.2, 0) is 9.53 Å². The number of amides is 1. The Hall–Kier alpha value is -1.08. The van der Waals surface area contributed by atoms with E-state index in [1.807, 2.05) is 18.7 Å². The van der Waals surface area contributed by atoms with Crippen molar-refractivity contribution < 1.29 is 9.53 Å². The highest BCUT2D eigenvalue weighted by molar-refractivity contribution is 5.85. The van der Waals surface area contributed by atoms with E-state index >= 15 is 0 Å². The Balaban J connectivity index is 2.69. The van der Waals surface area contributed by atoms with Crippen LogP contribution in [0.15, 0.2) is 0 Å². The fourth-order valence-electron chi connectivity index (χ4n) is 3.19. The summed E-state index contributed by atoms with van der Waals surface area (Å²) in [4.78, 5) is 14.7. The molecule has 1 fully saturated rings. The molecule has 0 aromatic heterocycles. The average molecular weight is 280 g/mol. The van der Waals surface area contributed by atoms with Crippen LogP contribution in [0.4, 0.5) is 0 Å². The number of nitriles is 1. The van der Waals surface area contributed by atoms with Crippen molar-refractivity contribution in [3.8, 4) is 6.07 Å². The number of nitrogens with zero attached hydrogens (tertiary/aromatic N) is 2. The molecule has 20 heavy (non-hydrogen) atoms. The summed E-state index contributed by atoms with van der Waals surface area (Å²) in [7, 11) is 1.72. The van der Waals surface area contributed by atoms with Gasteiger partial charge in [0.25, 0.3) is 0 Å². The summed E-state index contributed by atoms with van der Waals surface area (Å²) in [6.07, 6.45) is 5.07. The number of ether oxygens (including phenoxy) is 1. The first-order valence-corrected chi connectivity index (χ1v) is 7.83. The molecule has 0 aromatic carbocycles. The van der Waals surface area contributed by atoms with Crippen molar-refractivity contribution in [3.63, 3.8) is 0 Å². The Bertz CT molecular complexity index is 335. The second kappa shape index (κ2) is 8.26. The lowest BCUT2D eigenvalue weighted by Gasteiger charge is -2.37. The third-order valence-corrected chi connectivity index (χ3v) is 4.28. The SMILES string of the molecule is CCCC(C#N)(CCC)C(=O)N1CCC(COC)CC1. The summed E-state index contributed by atoms with van der Waals surface area (Å²) in [5.74, 6) is 0.609. The van der Waals surface area contributed by atoms with Gasteiger partial charge in [-0.25, -0.2) is 0 Å². The fourth-order valence-corrected chi connectivity index (χ4v) is 3.19. The molecule has 0 atom stereocenters. The van der Waals surface area contributed by atoms with Gasteiger partial charge in [-0.05, 0) is 31.6 Å². The number of methoxy groups -OCH3 is 1. The van der Waals surface area contributed by atoms with Gasteiger partial charge in [0.05, 0.1) is 6.07 Å². The molecule has 0 bridgehead atoms. The van der Waals surface area contributed by atoms with Crippen LogP contribution in [-0.4, -0.2) is 37.6 Å². The Kier molecular flexibility index (Phi) is 7.01. The third-order valence-electron chi connectivity index (χ3n) is 4.28. The minimum Gasteiger partial charge on any atom is -0.384 e. The van der Waals surface area contributed by atoms with Crippen LogP contribution < -0.4 is 0 Å². The van der Waals surface area contributed by atoms with Gasteiger partial charge in [-0.3, -0.25) is 4.79 Å². The molecule has 0 aromatic rings. The van der Waals surface area contributed by atoms with Gasteiger partial charge in [0.15, 0.2) is 0 Å². The smallest absolute Gasteiger partial charge is 0.243 e. The normalized spacial score (nSPS) is 17.0. The van der Waals surface area contributed by atoms with Crippen LogP contribution >= 0.6 is 0 Å². The third kappa shape index (κ3) is 3.96. The molecule has 114 valence electrons. The Labute approximate surface area is 123 Å². The van der Waals surface area contributed by atoms with Crippen molar-refractivity contribution in [2.75, 3.05) is 26.8 Å². The number of piperidine rings is 1. The lowest BCUT2D eigenvalue weighted by atomic mass is 9.78. The molecular weight excluding hydrogens is 252 g/mol. The van der Waals surface area contributed by atoms with Gasteiger partial charge < -0.3 is 9.64 Å². The van der Waals surface area contributed by atoms with Crippen LogP contribution in [0.3, 0.4) is 0 Å². The van der Waals surface area contributed by atoms with Crippen LogP contribution in [0.2, 0.25) is 0 Å². The van der Waals surface area contributed by atoms with Crippen LogP contribution in [0, 0.1) is 22.7 Å². The largest absolute Gasteiger partial charge is 0.384 e. The topological polar surface area (TPSA) is 53.3 Å². The average Bonchev–Trinajstić information content (AvgIpc) is 2.47. The van der Waals surface area contributed by atoms with E-state index in [0.29, 0.717) is 18.8 Å². The van der Waals surface area contributed by atoms with Crippen LogP contribution in [0.1, 0.15) is 52.4 Å². The molecule has 0 spiro atoms. The molecule has 1 saturated heterocycles. The first-order valence-electron chi connectivity index (χ1n) is 7.83. The van der Waals surface area contributed by atoms with E-state index in [9.17, 15) is 10.1 Å². The van der Waals surface area contributed by atoms with E-state index in [4.69, 9.17) is 4.74 Å². The first-order chi connectivity index (χ1) is 9.63. The zero-order valence-corrected chi connectivity index (χ0v) is 13.2. The van der Waals surface area contributed by atoms with Crippen molar-refractivity contribution in [2.24, 2.45) is 11.3 Å². The number of likely N-dealkylation sites (tertiary alicyclic amines) is 1. The maximum absolute atomic E-state index is 12.8. The number of hydrogen-bond acceptors (Lipinski definition) is 3. The van der Waals surface area contributed by atoms with Crippen molar-refractivity contribution in [3.05, 3.63) is 0 Å². The molecule has 0 aliphatic carbocycles. The van der Waals surface area contributed by atoms with Crippen molar-refractivity contribution in [1.29, 1.82) is 5.26 Å². The van der Waals surface area contributed by atoms with Gasteiger partial charge >= 0.3 is 0 Å². The second-order valence-corrected chi connectivity index (χ2v) is 5.88. The number of rotatable bonds is 7. The summed E-state index contributed by atoms with van der Waals surface area (Å²) >= 11 is 0. The Morgan fingerprint density at radius 1 is 1.30 bits per heavy atom. The van der Waals surface area contributed by atoms with Gasteiger partial charge in [0.1, 0.15) is 5.41 Å². The molecule has 1 amide bonds. The molecule has 1 aliphatic heterocycles. The highest BCUT2D eigenvalue weighted by atomic mass is 16.5. The fraction of sp³-hybridized carbons (Fsp3) is 0.875. The minimum absolute atomic E-state index is 0.0552. The summed E-state index contributed by atoms with van der Waals surface area (Å²) in [6.45, 7) is 6.39. The van der Waals surface area contributed by atoms with Gasteiger partial charge in [0, 0.05) is 26.8 Å². The van der Waals surface area contributed by atoms with Gasteiger partial charge in [-0.2, -0.15) is 5.26 Å². The molecule has 4 heteroatoms. The molecule has 0 saturated carbocycles. The molecule has 4 nitrogen and oxygen atoms in total. The van der Waals surface area contributed by atoms with E-state index < -0.39 is 5.41 Å². The molecule has 1 heterocycles. The number of carbonyl (C=O) groups is 1. The number of hydrogen-bond donors (Lipinski definition) is 0. The molecular formula is C16H28N2O2. The summed E-state index contributed by atoms with van der Waals surface area (Å²) < 4.78 is 5.19. The maximum atomic E-state index is 12.8. The summed E-state index contributed by atoms with van der Waals surface area (Å²) in [6, 6.07) is 2.33. The van der Waals surface area contributed by atoms with Crippen LogP contribution in [0.5, 0.6) is 0 Å². The summed E-state index contributed by atoms with van der Waals surface area (Å²) in [5.41, 5.74) is -0.794. The highest BCUT2D eigenvalue weighted by Crippen LogP contribution is 2.33. The zero-order valence-electron chi connectivity index (χ0n) is 13.2. The molecule has 1 rings (SSSR count). The lowest BCUT2D eigenvalue weighted by Crippen LogP contribution is -2.47. The predicted molar refractivity (Wildman–Crippen MR) is 79.0 cm³/mol. The second-order valence-electron chi connectivity index (χ2n) is 5.88. The monoisotopic (exact) mass is 280 g/mol. The van der Waals surface area contributed by atoms with E-state index in [0.717, 1.165) is 45.4 Å². The quantitative estimate of drug-likeness (QED) is 0.720. The number of carbonyl (C=O) groups excluding carboxylic acids is 1. The van der Waals surface area contributed by atoms with Gasteiger partial charge in [-0.1, -0.05) is 26.7 Å². The Morgan fingerprint density at radius 3 is 2.25 bits per heavy atom. The van der Waals surface area contributed by atoms with Crippen molar-refractivity contribution >= 4 is 5.91 Å². The molecule has 0 unspecified atom stereocenters. The van der Waals surface area contributed by atoms with E-state index in [2.05, 4.69) is 6.07 Å². The van der Waals surface area contributed by atoms with E-state index in [-0.39, 0.29) is 5.91 Å². The predicted octanol–water partition coefficient (Wildman–Crippen LogP) is 2.98. The first kappa shape index (κ1) is 17.0. The van der Waals surface area contributed by atoms with Crippen LogP contribution in [0.25, 0.3) is 0 Å².